The number of hydrogen-bond donors (Lipinski definition) is 0. The van der Waals surface area contributed by atoms with Gasteiger partial charge in [0, 0.05) is 38.7 Å². The summed E-state index contributed by atoms with van der Waals surface area (Å²) in [4.78, 5) is 14.8. The fourth-order valence-corrected chi connectivity index (χ4v) is 3.41. The van der Waals surface area contributed by atoms with Crippen LogP contribution in [0.15, 0.2) is 0 Å². The van der Waals surface area contributed by atoms with Crippen LogP contribution in [-0.2, 0) is 14.3 Å². The van der Waals surface area contributed by atoms with E-state index in [-0.39, 0.29) is 11.5 Å². The first kappa shape index (κ1) is 15.9. The van der Waals surface area contributed by atoms with Gasteiger partial charge in [0.2, 0.25) is 0 Å². The van der Waals surface area contributed by atoms with E-state index in [2.05, 4.69) is 18.7 Å². The third kappa shape index (κ3) is 4.03. The standard InChI is InChI=1S/C16H29NO3/c1-3-17(4-2)9-5-15(18)14-6-10-20-16(13-14)7-11-19-12-8-16/h14H,3-13H2,1-2H3. The minimum atomic E-state index is -0.0635. The Labute approximate surface area is 122 Å². The molecule has 0 radical (unpaired) electrons. The SMILES string of the molecule is CCN(CC)CCC(=O)C1CCOC2(CCOCC2)C1. The molecule has 0 bridgehead atoms. The molecule has 0 amide bonds. The molecule has 1 unspecified atom stereocenters. The van der Waals surface area contributed by atoms with E-state index in [0.717, 1.165) is 65.1 Å². The molecule has 0 aromatic carbocycles. The zero-order valence-corrected chi connectivity index (χ0v) is 13.0. The molecule has 2 aliphatic rings. The van der Waals surface area contributed by atoms with Crippen LogP contribution in [0.3, 0.4) is 0 Å². The van der Waals surface area contributed by atoms with Crippen LogP contribution >= 0.6 is 0 Å². The molecule has 20 heavy (non-hydrogen) atoms. The van der Waals surface area contributed by atoms with Gasteiger partial charge in [0.1, 0.15) is 5.78 Å². The van der Waals surface area contributed by atoms with Crippen molar-refractivity contribution in [3.05, 3.63) is 0 Å². The second kappa shape index (κ2) is 7.53. The van der Waals surface area contributed by atoms with Crippen LogP contribution in [0.25, 0.3) is 0 Å². The lowest BCUT2D eigenvalue weighted by Gasteiger charge is -2.43. The maximum Gasteiger partial charge on any atom is 0.137 e. The smallest absolute Gasteiger partial charge is 0.137 e. The van der Waals surface area contributed by atoms with Crippen molar-refractivity contribution < 1.29 is 14.3 Å². The lowest BCUT2D eigenvalue weighted by molar-refractivity contribution is -0.157. The molecule has 2 aliphatic heterocycles. The summed E-state index contributed by atoms with van der Waals surface area (Å²) in [5, 5.41) is 0. The highest BCUT2D eigenvalue weighted by Gasteiger charge is 2.40. The molecule has 2 fully saturated rings. The van der Waals surface area contributed by atoms with Crippen molar-refractivity contribution in [2.75, 3.05) is 39.5 Å². The highest BCUT2D eigenvalue weighted by molar-refractivity contribution is 5.81. The van der Waals surface area contributed by atoms with Crippen LogP contribution in [0.4, 0.5) is 0 Å². The summed E-state index contributed by atoms with van der Waals surface area (Å²) >= 11 is 0. The molecular formula is C16H29NO3. The number of hydrogen-bond acceptors (Lipinski definition) is 4. The number of carbonyl (C=O) groups excluding carboxylic acids is 1. The van der Waals surface area contributed by atoms with Gasteiger partial charge in [-0.3, -0.25) is 4.79 Å². The van der Waals surface area contributed by atoms with Gasteiger partial charge in [0.25, 0.3) is 0 Å². The lowest BCUT2D eigenvalue weighted by Crippen LogP contribution is -2.46. The number of Topliss-reactive ketones (excluding diaryl/α,β-unsaturated/α-hetero) is 1. The summed E-state index contributed by atoms with van der Waals surface area (Å²) in [6, 6.07) is 0. The molecule has 4 nitrogen and oxygen atoms in total. The third-order valence-corrected chi connectivity index (χ3v) is 4.92. The molecule has 0 aromatic rings. The Kier molecular flexibility index (Phi) is 6.00. The van der Waals surface area contributed by atoms with Gasteiger partial charge >= 0.3 is 0 Å². The number of nitrogens with zero attached hydrogens (tertiary/aromatic N) is 1. The molecule has 0 aromatic heterocycles. The van der Waals surface area contributed by atoms with Crippen LogP contribution in [-0.4, -0.2) is 55.7 Å². The third-order valence-electron chi connectivity index (χ3n) is 4.92. The van der Waals surface area contributed by atoms with E-state index in [0.29, 0.717) is 12.2 Å². The summed E-state index contributed by atoms with van der Waals surface area (Å²) < 4.78 is 11.4. The minimum absolute atomic E-state index is 0.0635. The minimum Gasteiger partial charge on any atom is -0.381 e. The predicted octanol–water partition coefficient (Wildman–Crippen LogP) is 2.26. The van der Waals surface area contributed by atoms with E-state index >= 15 is 0 Å². The second-order valence-corrected chi connectivity index (χ2v) is 6.08. The zero-order valence-electron chi connectivity index (χ0n) is 13.0. The maximum absolute atomic E-state index is 12.4. The highest BCUT2D eigenvalue weighted by atomic mass is 16.5. The van der Waals surface area contributed by atoms with E-state index in [4.69, 9.17) is 9.47 Å². The van der Waals surface area contributed by atoms with E-state index in [9.17, 15) is 4.79 Å². The number of ketones is 1. The van der Waals surface area contributed by atoms with Crippen molar-refractivity contribution >= 4 is 5.78 Å². The zero-order chi connectivity index (χ0) is 14.4. The largest absolute Gasteiger partial charge is 0.381 e. The fraction of sp³-hybridized carbons (Fsp3) is 0.938. The fourth-order valence-electron chi connectivity index (χ4n) is 3.41. The Morgan fingerprint density at radius 1 is 1.20 bits per heavy atom. The average molecular weight is 283 g/mol. The summed E-state index contributed by atoms with van der Waals surface area (Å²) in [6.45, 7) is 9.55. The van der Waals surface area contributed by atoms with Gasteiger partial charge in [-0.1, -0.05) is 13.8 Å². The van der Waals surface area contributed by atoms with Gasteiger partial charge in [-0.25, -0.2) is 0 Å². The lowest BCUT2D eigenvalue weighted by atomic mass is 9.78. The molecule has 2 rings (SSSR count). The van der Waals surface area contributed by atoms with Gasteiger partial charge < -0.3 is 14.4 Å². The molecule has 116 valence electrons. The second-order valence-electron chi connectivity index (χ2n) is 6.08. The van der Waals surface area contributed by atoms with Crippen LogP contribution in [0.5, 0.6) is 0 Å². The number of ether oxygens (including phenoxy) is 2. The van der Waals surface area contributed by atoms with Crippen molar-refractivity contribution in [1.82, 2.24) is 4.90 Å². The van der Waals surface area contributed by atoms with E-state index in [1.807, 2.05) is 0 Å². The molecule has 2 saturated heterocycles. The maximum atomic E-state index is 12.4. The van der Waals surface area contributed by atoms with Crippen molar-refractivity contribution in [1.29, 1.82) is 0 Å². The quantitative estimate of drug-likeness (QED) is 0.749. The average Bonchev–Trinajstić information content (AvgIpc) is 2.49. The Bertz CT molecular complexity index is 303. The molecule has 0 saturated carbocycles. The van der Waals surface area contributed by atoms with Gasteiger partial charge in [0.15, 0.2) is 0 Å². The molecule has 4 heteroatoms. The summed E-state index contributed by atoms with van der Waals surface area (Å²) in [5.41, 5.74) is -0.0635. The summed E-state index contributed by atoms with van der Waals surface area (Å²) in [6.07, 6.45) is 4.41. The number of carbonyl (C=O) groups is 1. The Morgan fingerprint density at radius 3 is 2.55 bits per heavy atom. The first-order valence-electron chi connectivity index (χ1n) is 8.16. The van der Waals surface area contributed by atoms with E-state index in [1.54, 1.807) is 0 Å². The molecule has 0 N–H and O–H groups in total. The van der Waals surface area contributed by atoms with Crippen molar-refractivity contribution in [3.63, 3.8) is 0 Å². The predicted molar refractivity (Wildman–Crippen MR) is 78.9 cm³/mol. The van der Waals surface area contributed by atoms with Gasteiger partial charge in [-0.05, 0) is 38.8 Å². The molecule has 1 atom stereocenters. The van der Waals surface area contributed by atoms with Gasteiger partial charge in [0.05, 0.1) is 5.60 Å². The van der Waals surface area contributed by atoms with Crippen LogP contribution < -0.4 is 0 Å². The van der Waals surface area contributed by atoms with Gasteiger partial charge in [-0.2, -0.15) is 0 Å². The Morgan fingerprint density at radius 2 is 1.90 bits per heavy atom. The van der Waals surface area contributed by atoms with Gasteiger partial charge in [-0.15, -0.1) is 0 Å². The Hall–Kier alpha value is -0.450. The van der Waals surface area contributed by atoms with Crippen LogP contribution in [0.1, 0.15) is 46.0 Å². The topological polar surface area (TPSA) is 38.8 Å². The monoisotopic (exact) mass is 283 g/mol. The molecular weight excluding hydrogens is 254 g/mol. The van der Waals surface area contributed by atoms with E-state index < -0.39 is 0 Å². The molecule has 2 heterocycles. The summed E-state index contributed by atoms with van der Waals surface area (Å²) in [7, 11) is 0. The first-order chi connectivity index (χ1) is 9.69. The molecule has 0 aliphatic carbocycles. The first-order valence-corrected chi connectivity index (χ1v) is 8.16. The normalized spacial score (nSPS) is 26.1. The van der Waals surface area contributed by atoms with Crippen molar-refractivity contribution in [3.8, 4) is 0 Å². The van der Waals surface area contributed by atoms with Crippen LogP contribution in [0, 0.1) is 5.92 Å². The Balaban J connectivity index is 1.83. The van der Waals surface area contributed by atoms with Crippen LogP contribution in [0.2, 0.25) is 0 Å². The van der Waals surface area contributed by atoms with Crippen molar-refractivity contribution in [2.45, 2.75) is 51.6 Å². The van der Waals surface area contributed by atoms with E-state index in [1.165, 1.54) is 0 Å². The number of rotatable bonds is 6. The highest BCUT2D eigenvalue weighted by Crippen LogP contribution is 2.37. The van der Waals surface area contributed by atoms with Crippen molar-refractivity contribution in [2.24, 2.45) is 5.92 Å². The molecule has 1 spiro atoms. The summed E-state index contributed by atoms with van der Waals surface area (Å²) in [5.74, 6) is 0.642.